The van der Waals surface area contributed by atoms with Crippen molar-refractivity contribution in [1.82, 2.24) is 4.90 Å². The molecule has 0 aliphatic heterocycles. The average molecular weight is 330 g/mol. The first-order valence-corrected chi connectivity index (χ1v) is 7.28. The Bertz CT molecular complexity index is 423. The molecule has 0 aliphatic carbocycles. The largest absolute Gasteiger partial charge is 0.507 e. The lowest BCUT2D eigenvalue weighted by atomic mass is 10.1. The summed E-state index contributed by atoms with van der Waals surface area (Å²) in [7, 11) is 0. The molecule has 19 heavy (non-hydrogen) atoms. The molecule has 0 atom stereocenters. The molecule has 1 amide bonds. The Hall–Kier alpha value is -1.07. The number of aliphatic hydroxyl groups excluding tert-OH is 1. The van der Waals surface area contributed by atoms with Gasteiger partial charge in [-0.05, 0) is 24.6 Å². The molecular formula is C14H20BrNO3. The van der Waals surface area contributed by atoms with E-state index in [1.54, 1.807) is 17.0 Å². The van der Waals surface area contributed by atoms with Crippen molar-refractivity contribution in [2.75, 3.05) is 19.7 Å². The second kappa shape index (κ2) is 8.17. The van der Waals surface area contributed by atoms with Crippen LogP contribution in [0.4, 0.5) is 0 Å². The van der Waals surface area contributed by atoms with Crippen molar-refractivity contribution in [1.29, 1.82) is 0 Å². The van der Waals surface area contributed by atoms with Gasteiger partial charge in [0.05, 0.1) is 12.2 Å². The van der Waals surface area contributed by atoms with Gasteiger partial charge in [0.15, 0.2) is 0 Å². The summed E-state index contributed by atoms with van der Waals surface area (Å²) >= 11 is 3.29. The van der Waals surface area contributed by atoms with Crippen molar-refractivity contribution in [2.45, 2.75) is 26.2 Å². The van der Waals surface area contributed by atoms with Crippen molar-refractivity contribution in [3.8, 4) is 5.75 Å². The Kier molecular flexibility index (Phi) is 6.87. The maximum absolute atomic E-state index is 12.3. The van der Waals surface area contributed by atoms with E-state index in [1.165, 1.54) is 6.07 Å². The van der Waals surface area contributed by atoms with Crippen molar-refractivity contribution < 1.29 is 15.0 Å². The molecular weight excluding hydrogens is 310 g/mol. The zero-order valence-electron chi connectivity index (χ0n) is 11.1. The number of phenols is 1. The van der Waals surface area contributed by atoms with E-state index in [9.17, 15) is 9.90 Å². The average Bonchev–Trinajstić information content (AvgIpc) is 2.40. The van der Waals surface area contributed by atoms with Crippen molar-refractivity contribution in [3.05, 3.63) is 28.2 Å². The Morgan fingerprint density at radius 3 is 2.68 bits per heavy atom. The molecule has 5 heteroatoms. The Labute approximate surface area is 122 Å². The highest BCUT2D eigenvalue weighted by Gasteiger charge is 2.18. The number of halogens is 1. The third-order valence-corrected chi connectivity index (χ3v) is 3.37. The number of aliphatic hydroxyl groups is 1. The molecule has 0 saturated carbocycles. The monoisotopic (exact) mass is 329 g/mol. The standard InChI is InChI=1S/C14H20BrNO3/c1-2-3-4-7-16(8-9-17)14(19)12-10-11(15)5-6-13(12)18/h5-6,10,17-18H,2-4,7-9H2,1H3. The lowest BCUT2D eigenvalue weighted by molar-refractivity contribution is 0.0715. The number of hydrogen-bond acceptors (Lipinski definition) is 3. The third kappa shape index (κ3) is 4.84. The van der Waals surface area contributed by atoms with Gasteiger partial charge >= 0.3 is 0 Å². The van der Waals surface area contributed by atoms with Crippen LogP contribution in [0.25, 0.3) is 0 Å². The fraction of sp³-hybridized carbons (Fsp3) is 0.500. The lowest BCUT2D eigenvalue weighted by Gasteiger charge is -2.22. The molecule has 0 bridgehead atoms. The van der Waals surface area contributed by atoms with Crippen molar-refractivity contribution in [2.24, 2.45) is 0 Å². The summed E-state index contributed by atoms with van der Waals surface area (Å²) in [6.45, 7) is 2.90. The molecule has 0 fully saturated rings. The molecule has 4 nitrogen and oxygen atoms in total. The van der Waals surface area contributed by atoms with E-state index >= 15 is 0 Å². The van der Waals surface area contributed by atoms with Gasteiger partial charge in [0, 0.05) is 17.6 Å². The van der Waals surface area contributed by atoms with Gasteiger partial charge in [-0.15, -0.1) is 0 Å². The van der Waals surface area contributed by atoms with Crippen LogP contribution in [-0.4, -0.2) is 40.7 Å². The number of unbranched alkanes of at least 4 members (excludes halogenated alkanes) is 2. The SMILES string of the molecule is CCCCCN(CCO)C(=O)c1cc(Br)ccc1O. The molecule has 0 aliphatic rings. The zero-order valence-corrected chi connectivity index (χ0v) is 12.7. The van der Waals surface area contributed by atoms with E-state index in [0.717, 1.165) is 23.7 Å². The predicted molar refractivity (Wildman–Crippen MR) is 78.3 cm³/mol. The zero-order chi connectivity index (χ0) is 14.3. The van der Waals surface area contributed by atoms with Crippen LogP contribution < -0.4 is 0 Å². The molecule has 0 saturated heterocycles. The summed E-state index contributed by atoms with van der Waals surface area (Å²) < 4.78 is 0.742. The van der Waals surface area contributed by atoms with Gasteiger partial charge in [0.2, 0.25) is 0 Å². The van der Waals surface area contributed by atoms with E-state index in [2.05, 4.69) is 22.9 Å². The smallest absolute Gasteiger partial charge is 0.257 e. The minimum atomic E-state index is -0.246. The van der Waals surface area contributed by atoms with Gasteiger partial charge in [-0.25, -0.2) is 0 Å². The minimum absolute atomic E-state index is 0.0355. The van der Waals surface area contributed by atoms with Crippen LogP contribution >= 0.6 is 15.9 Å². The first-order valence-electron chi connectivity index (χ1n) is 6.48. The Morgan fingerprint density at radius 2 is 2.05 bits per heavy atom. The molecule has 0 radical (unpaired) electrons. The summed E-state index contributed by atoms with van der Waals surface area (Å²) in [4.78, 5) is 13.9. The third-order valence-electron chi connectivity index (χ3n) is 2.88. The maximum atomic E-state index is 12.3. The molecule has 0 aromatic heterocycles. The normalized spacial score (nSPS) is 10.5. The van der Waals surface area contributed by atoms with E-state index < -0.39 is 0 Å². The second-order valence-electron chi connectivity index (χ2n) is 4.38. The van der Waals surface area contributed by atoms with Gasteiger partial charge in [-0.3, -0.25) is 4.79 Å². The number of aromatic hydroxyl groups is 1. The predicted octanol–water partition coefficient (Wildman–Crippen LogP) is 2.78. The van der Waals surface area contributed by atoms with Crippen LogP contribution in [0, 0.1) is 0 Å². The fourth-order valence-electron chi connectivity index (χ4n) is 1.84. The molecule has 1 aromatic carbocycles. The van der Waals surface area contributed by atoms with Crippen LogP contribution in [0.5, 0.6) is 5.75 Å². The first-order chi connectivity index (χ1) is 9.10. The number of hydrogen-bond donors (Lipinski definition) is 2. The maximum Gasteiger partial charge on any atom is 0.257 e. The summed E-state index contributed by atoms with van der Waals surface area (Å²) in [5.41, 5.74) is 0.263. The second-order valence-corrected chi connectivity index (χ2v) is 5.30. The number of phenolic OH excluding ortho intramolecular Hbond substituents is 1. The van der Waals surface area contributed by atoms with Crippen LogP contribution in [0.15, 0.2) is 22.7 Å². The number of carbonyl (C=O) groups excluding carboxylic acids is 1. The Balaban J connectivity index is 2.82. The number of rotatable bonds is 7. The fourth-order valence-corrected chi connectivity index (χ4v) is 2.20. The first kappa shape index (κ1) is 16.0. The van der Waals surface area contributed by atoms with Gasteiger partial charge in [-0.1, -0.05) is 35.7 Å². The van der Waals surface area contributed by atoms with Gasteiger partial charge in [0.25, 0.3) is 5.91 Å². The molecule has 1 aromatic rings. The molecule has 106 valence electrons. The van der Waals surface area contributed by atoms with Crippen LogP contribution in [0.1, 0.15) is 36.5 Å². The Morgan fingerprint density at radius 1 is 1.32 bits per heavy atom. The summed E-state index contributed by atoms with van der Waals surface area (Å²) in [6, 6.07) is 4.77. The molecule has 2 N–H and O–H groups in total. The van der Waals surface area contributed by atoms with E-state index in [4.69, 9.17) is 5.11 Å². The van der Waals surface area contributed by atoms with Crippen LogP contribution in [0.2, 0.25) is 0 Å². The van der Waals surface area contributed by atoms with Crippen molar-refractivity contribution in [3.63, 3.8) is 0 Å². The van der Waals surface area contributed by atoms with Gasteiger partial charge in [-0.2, -0.15) is 0 Å². The highest BCUT2D eigenvalue weighted by atomic mass is 79.9. The summed E-state index contributed by atoms with van der Waals surface area (Å²) in [5, 5.41) is 18.8. The summed E-state index contributed by atoms with van der Waals surface area (Å²) in [6.07, 6.45) is 3.01. The highest BCUT2D eigenvalue weighted by Crippen LogP contribution is 2.23. The number of amides is 1. The molecule has 0 spiro atoms. The van der Waals surface area contributed by atoms with Crippen molar-refractivity contribution >= 4 is 21.8 Å². The van der Waals surface area contributed by atoms with Gasteiger partial charge in [0.1, 0.15) is 5.75 Å². The van der Waals surface area contributed by atoms with E-state index in [-0.39, 0.29) is 30.4 Å². The van der Waals surface area contributed by atoms with E-state index in [1.807, 2.05) is 0 Å². The highest BCUT2D eigenvalue weighted by molar-refractivity contribution is 9.10. The van der Waals surface area contributed by atoms with E-state index in [0.29, 0.717) is 6.54 Å². The number of nitrogens with zero attached hydrogens (tertiary/aromatic N) is 1. The van der Waals surface area contributed by atoms with Crippen LogP contribution in [-0.2, 0) is 0 Å². The summed E-state index contributed by atoms with van der Waals surface area (Å²) in [5.74, 6) is -0.282. The number of benzene rings is 1. The minimum Gasteiger partial charge on any atom is -0.507 e. The molecule has 0 heterocycles. The van der Waals surface area contributed by atoms with Gasteiger partial charge < -0.3 is 15.1 Å². The topological polar surface area (TPSA) is 60.8 Å². The lowest BCUT2D eigenvalue weighted by Crippen LogP contribution is -2.34. The van der Waals surface area contributed by atoms with Crippen LogP contribution in [0.3, 0.4) is 0 Å². The molecule has 1 rings (SSSR count). The quantitative estimate of drug-likeness (QED) is 0.756. The molecule has 0 unspecified atom stereocenters. The number of carbonyl (C=O) groups is 1.